The lowest BCUT2D eigenvalue weighted by Crippen LogP contribution is -2.63. The fourth-order valence-electron chi connectivity index (χ4n) is 3.75. The quantitative estimate of drug-likeness (QED) is 0.214. The number of rotatable bonds is 13. The van der Waals surface area contributed by atoms with E-state index >= 15 is 0 Å². The van der Waals surface area contributed by atoms with Crippen molar-refractivity contribution in [3.63, 3.8) is 0 Å². The fraction of sp³-hybridized carbons (Fsp3) is 0.615. The molecule has 0 unspecified atom stereocenters. The van der Waals surface area contributed by atoms with Crippen molar-refractivity contribution in [2.45, 2.75) is 91.0 Å². The van der Waals surface area contributed by atoms with Crippen molar-refractivity contribution in [3.05, 3.63) is 24.3 Å². The van der Waals surface area contributed by atoms with Crippen LogP contribution < -0.4 is 9.47 Å². The number of ether oxygens (including phenoxy) is 7. The van der Waals surface area contributed by atoms with Gasteiger partial charge in [-0.15, -0.1) is 0 Å². The van der Waals surface area contributed by atoms with Gasteiger partial charge >= 0.3 is 23.9 Å². The topological polar surface area (TPSA) is 133 Å². The SMILES string of the molecule is CCCCCCOc1ccc(O[C@@H]2O[C@H](COC(C)=O)[C@H](OC(C)=O)[C@H](OC(C)=O)[C@H]2OC(C)=O)cc1. The highest BCUT2D eigenvalue weighted by atomic mass is 16.7. The van der Waals surface area contributed by atoms with Crippen LogP contribution in [0.1, 0.15) is 60.3 Å². The van der Waals surface area contributed by atoms with E-state index in [4.69, 9.17) is 33.2 Å². The minimum atomic E-state index is -1.30. The zero-order valence-electron chi connectivity index (χ0n) is 21.9. The smallest absolute Gasteiger partial charge is 0.303 e. The second-order valence-corrected chi connectivity index (χ2v) is 8.57. The Labute approximate surface area is 216 Å². The second-order valence-electron chi connectivity index (χ2n) is 8.57. The first-order chi connectivity index (χ1) is 17.6. The standard InChI is InChI=1S/C26H36O11/c1-6-7-8-9-14-31-20-10-12-21(13-11-20)36-26-25(35-19(5)30)24(34-18(4)29)23(33-17(3)28)22(37-26)15-32-16(2)27/h10-13,22-26H,6-9,14-15H2,1-5H3/t22-,23+,24+,25-,26-/m1/s1. The zero-order valence-corrected chi connectivity index (χ0v) is 21.9. The summed E-state index contributed by atoms with van der Waals surface area (Å²) in [5.41, 5.74) is 0. The van der Waals surface area contributed by atoms with Crippen LogP contribution in [0.2, 0.25) is 0 Å². The summed E-state index contributed by atoms with van der Waals surface area (Å²) in [4.78, 5) is 47.1. The van der Waals surface area contributed by atoms with E-state index < -0.39 is 54.6 Å². The summed E-state index contributed by atoms with van der Waals surface area (Å²) in [7, 11) is 0. The molecular weight excluding hydrogens is 488 g/mol. The molecule has 2 rings (SSSR count). The third kappa shape index (κ3) is 10.3. The maximum absolute atomic E-state index is 11.9. The first-order valence-corrected chi connectivity index (χ1v) is 12.3. The van der Waals surface area contributed by atoms with Crippen LogP contribution in [-0.4, -0.2) is 67.8 Å². The normalized spacial score (nSPS) is 22.9. The maximum atomic E-state index is 11.9. The van der Waals surface area contributed by atoms with Crippen molar-refractivity contribution in [2.75, 3.05) is 13.2 Å². The molecule has 1 aromatic rings. The lowest BCUT2D eigenvalue weighted by Gasteiger charge is -2.43. The lowest BCUT2D eigenvalue weighted by molar-refractivity contribution is -0.288. The zero-order chi connectivity index (χ0) is 27.4. The van der Waals surface area contributed by atoms with Gasteiger partial charge in [-0.25, -0.2) is 0 Å². The Morgan fingerprint density at radius 3 is 1.86 bits per heavy atom. The van der Waals surface area contributed by atoms with E-state index in [1.807, 2.05) is 0 Å². The Kier molecular flexibility index (Phi) is 12.1. The minimum Gasteiger partial charge on any atom is -0.494 e. The van der Waals surface area contributed by atoms with Crippen molar-refractivity contribution < 1.29 is 52.3 Å². The second kappa shape index (κ2) is 15.0. The fourth-order valence-corrected chi connectivity index (χ4v) is 3.75. The largest absolute Gasteiger partial charge is 0.494 e. The van der Waals surface area contributed by atoms with Crippen molar-refractivity contribution in [1.29, 1.82) is 0 Å². The Morgan fingerprint density at radius 1 is 0.730 bits per heavy atom. The number of esters is 4. The van der Waals surface area contributed by atoms with Gasteiger partial charge in [-0.3, -0.25) is 19.2 Å². The van der Waals surface area contributed by atoms with Crippen LogP contribution in [0.3, 0.4) is 0 Å². The van der Waals surface area contributed by atoms with Gasteiger partial charge in [0.15, 0.2) is 12.2 Å². The molecule has 1 heterocycles. The Balaban J connectivity index is 2.26. The highest BCUT2D eigenvalue weighted by Gasteiger charge is 2.53. The summed E-state index contributed by atoms with van der Waals surface area (Å²) in [6, 6.07) is 6.74. The van der Waals surface area contributed by atoms with Gasteiger partial charge in [0.1, 0.15) is 24.2 Å². The van der Waals surface area contributed by atoms with Gasteiger partial charge in [-0.05, 0) is 30.7 Å². The summed E-state index contributed by atoms with van der Waals surface area (Å²) in [5.74, 6) is -1.72. The van der Waals surface area contributed by atoms with Gasteiger partial charge in [-0.1, -0.05) is 26.2 Å². The Morgan fingerprint density at radius 2 is 1.30 bits per heavy atom. The molecule has 1 aliphatic heterocycles. The highest BCUT2D eigenvalue weighted by molar-refractivity contribution is 5.68. The van der Waals surface area contributed by atoms with E-state index in [-0.39, 0.29) is 6.61 Å². The van der Waals surface area contributed by atoms with Crippen molar-refractivity contribution in [1.82, 2.24) is 0 Å². The highest BCUT2D eigenvalue weighted by Crippen LogP contribution is 2.31. The summed E-state index contributed by atoms with van der Waals surface area (Å²) in [5, 5.41) is 0. The molecule has 5 atom stereocenters. The predicted molar refractivity (Wildman–Crippen MR) is 129 cm³/mol. The number of hydrogen-bond donors (Lipinski definition) is 0. The molecule has 0 radical (unpaired) electrons. The molecule has 11 nitrogen and oxygen atoms in total. The van der Waals surface area contributed by atoms with Gasteiger partial charge in [0.2, 0.25) is 12.4 Å². The molecule has 0 bridgehead atoms. The van der Waals surface area contributed by atoms with E-state index in [0.717, 1.165) is 39.5 Å². The van der Waals surface area contributed by atoms with Crippen LogP contribution >= 0.6 is 0 Å². The number of unbranched alkanes of at least 4 members (excludes halogenated alkanes) is 3. The molecule has 11 heteroatoms. The first-order valence-electron chi connectivity index (χ1n) is 12.3. The minimum absolute atomic E-state index is 0.331. The first kappa shape index (κ1) is 29.9. The van der Waals surface area contributed by atoms with E-state index in [0.29, 0.717) is 18.1 Å². The number of benzene rings is 1. The van der Waals surface area contributed by atoms with Gasteiger partial charge in [0, 0.05) is 27.7 Å². The van der Waals surface area contributed by atoms with Gasteiger partial charge < -0.3 is 33.2 Å². The molecule has 0 amide bonds. The monoisotopic (exact) mass is 524 g/mol. The molecule has 0 aromatic heterocycles. The van der Waals surface area contributed by atoms with Crippen LogP contribution in [0, 0.1) is 0 Å². The Hall–Kier alpha value is -3.34. The molecule has 0 spiro atoms. The predicted octanol–water partition coefficient (Wildman–Crippen LogP) is 3.11. The van der Waals surface area contributed by atoms with Crippen LogP contribution in [0.25, 0.3) is 0 Å². The molecular formula is C26H36O11. The molecule has 0 saturated carbocycles. The van der Waals surface area contributed by atoms with Crippen LogP contribution in [-0.2, 0) is 42.9 Å². The van der Waals surface area contributed by atoms with E-state index in [9.17, 15) is 19.2 Å². The number of carbonyl (C=O) groups is 4. The van der Waals surface area contributed by atoms with E-state index in [1.165, 1.54) is 13.8 Å². The molecule has 0 aliphatic carbocycles. The maximum Gasteiger partial charge on any atom is 0.303 e. The van der Waals surface area contributed by atoms with Crippen molar-refractivity contribution >= 4 is 23.9 Å². The van der Waals surface area contributed by atoms with E-state index in [1.54, 1.807) is 24.3 Å². The van der Waals surface area contributed by atoms with Gasteiger partial charge in [0.25, 0.3) is 0 Å². The summed E-state index contributed by atoms with van der Waals surface area (Å²) < 4.78 is 38.8. The summed E-state index contributed by atoms with van der Waals surface area (Å²) >= 11 is 0. The van der Waals surface area contributed by atoms with E-state index in [2.05, 4.69) is 6.92 Å². The van der Waals surface area contributed by atoms with Crippen LogP contribution in [0.4, 0.5) is 0 Å². The summed E-state index contributed by atoms with van der Waals surface area (Å²) in [6.45, 7) is 7.10. The molecule has 1 fully saturated rings. The molecule has 1 saturated heterocycles. The average molecular weight is 525 g/mol. The summed E-state index contributed by atoms with van der Waals surface area (Å²) in [6.07, 6.45) is -1.85. The molecule has 1 aromatic carbocycles. The molecule has 206 valence electrons. The molecule has 37 heavy (non-hydrogen) atoms. The van der Waals surface area contributed by atoms with Crippen LogP contribution in [0.5, 0.6) is 11.5 Å². The van der Waals surface area contributed by atoms with Gasteiger partial charge in [0.05, 0.1) is 6.61 Å². The molecule has 0 N–H and O–H groups in total. The van der Waals surface area contributed by atoms with Gasteiger partial charge in [-0.2, -0.15) is 0 Å². The van der Waals surface area contributed by atoms with Crippen molar-refractivity contribution in [2.24, 2.45) is 0 Å². The number of carbonyl (C=O) groups excluding carboxylic acids is 4. The third-order valence-corrected chi connectivity index (χ3v) is 5.29. The molecule has 1 aliphatic rings. The van der Waals surface area contributed by atoms with Crippen LogP contribution in [0.15, 0.2) is 24.3 Å². The number of hydrogen-bond acceptors (Lipinski definition) is 11. The third-order valence-electron chi connectivity index (χ3n) is 5.29. The average Bonchev–Trinajstić information content (AvgIpc) is 2.81. The van der Waals surface area contributed by atoms with Crippen molar-refractivity contribution in [3.8, 4) is 11.5 Å². The Bertz CT molecular complexity index is 898. The lowest BCUT2D eigenvalue weighted by atomic mass is 9.98.